The maximum atomic E-state index is 13.6. The molecular weight excluding hydrogens is 224 g/mol. The van der Waals surface area contributed by atoms with E-state index in [4.69, 9.17) is 5.73 Å². The second-order valence-electron chi connectivity index (χ2n) is 4.72. The molecular formula is C13H17F2NO. The maximum Gasteiger partial charge on any atom is 0.165 e. The monoisotopic (exact) mass is 241 g/mol. The van der Waals surface area contributed by atoms with Gasteiger partial charge in [-0.05, 0) is 30.9 Å². The number of hydrogen-bond acceptors (Lipinski definition) is 2. The highest BCUT2D eigenvalue weighted by Crippen LogP contribution is 2.38. The van der Waals surface area contributed by atoms with Crippen LogP contribution in [0.3, 0.4) is 0 Å². The molecule has 1 fully saturated rings. The van der Waals surface area contributed by atoms with Crippen LogP contribution >= 0.6 is 0 Å². The van der Waals surface area contributed by atoms with Crippen LogP contribution in [0.5, 0.6) is 5.75 Å². The van der Waals surface area contributed by atoms with Gasteiger partial charge in [-0.1, -0.05) is 19.3 Å². The summed E-state index contributed by atoms with van der Waals surface area (Å²) in [6.07, 6.45) is 5.13. The molecule has 0 bridgehead atoms. The lowest BCUT2D eigenvalue weighted by atomic mass is 9.81. The molecule has 0 spiro atoms. The molecule has 1 aliphatic rings. The first-order chi connectivity index (χ1) is 8.11. The predicted molar refractivity (Wildman–Crippen MR) is 61.5 cm³/mol. The normalized spacial score (nSPS) is 19.2. The number of rotatable bonds is 2. The van der Waals surface area contributed by atoms with E-state index in [0.717, 1.165) is 37.8 Å². The van der Waals surface area contributed by atoms with Gasteiger partial charge in [0.1, 0.15) is 5.82 Å². The fourth-order valence-corrected chi connectivity index (χ4v) is 2.60. The highest BCUT2D eigenvalue weighted by atomic mass is 19.1. The van der Waals surface area contributed by atoms with Crippen LogP contribution in [0, 0.1) is 17.6 Å². The molecule has 2 rings (SSSR count). The fourth-order valence-electron chi connectivity index (χ4n) is 2.60. The van der Waals surface area contributed by atoms with Crippen molar-refractivity contribution in [2.45, 2.75) is 38.1 Å². The van der Waals surface area contributed by atoms with Crippen LogP contribution in [0.2, 0.25) is 0 Å². The minimum atomic E-state index is -0.812. The molecule has 17 heavy (non-hydrogen) atoms. The highest BCUT2D eigenvalue weighted by Gasteiger charge is 2.27. The molecule has 3 N–H and O–H groups in total. The lowest BCUT2D eigenvalue weighted by Gasteiger charge is -2.28. The lowest BCUT2D eigenvalue weighted by Crippen LogP contribution is -2.24. The fraction of sp³-hybridized carbons (Fsp3) is 0.538. The summed E-state index contributed by atoms with van der Waals surface area (Å²) in [5.41, 5.74) is 5.90. The maximum absolute atomic E-state index is 13.6. The Labute approximate surface area is 99.4 Å². The van der Waals surface area contributed by atoms with Crippen LogP contribution in [0.25, 0.3) is 0 Å². The molecule has 0 heterocycles. The van der Waals surface area contributed by atoms with Gasteiger partial charge in [0, 0.05) is 11.6 Å². The zero-order chi connectivity index (χ0) is 12.4. The molecule has 1 saturated carbocycles. The SMILES string of the molecule is N[C@@H](c1c(F)ccc(F)c1O)C1CCCCC1. The number of halogens is 2. The molecule has 4 heteroatoms. The van der Waals surface area contributed by atoms with Crippen molar-refractivity contribution in [3.05, 3.63) is 29.3 Å². The summed E-state index contributed by atoms with van der Waals surface area (Å²) in [5, 5.41) is 9.58. The standard InChI is InChI=1S/C13H17F2NO/c14-9-6-7-10(15)13(17)11(9)12(16)8-4-2-1-3-5-8/h6-8,12,17H,1-5,16H2/t12-/m1/s1. The average Bonchev–Trinajstić information content (AvgIpc) is 2.35. The van der Waals surface area contributed by atoms with Gasteiger partial charge in [0.05, 0.1) is 0 Å². The lowest BCUT2D eigenvalue weighted by molar-refractivity contribution is 0.295. The van der Waals surface area contributed by atoms with E-state index in [9.17, 15) is 13.9 Å². The van der Waals surface area contributed by atoms with E-state index in [1.165, 1.54) is 6.42 Å². The van der Waals surface area contributed by atoms with Crippen molar-refractivity contribution in [3.8, 4) is 5.75 Å². The Morgan fingerprint density at radius 1 is 1.12 bits per heavy atom. The van der Waals surface area contributed by atoms with Gasteiger partial charge in [-0.15, -0.1) is 0 Å². The number of nitrogens with two attached hydrogens (primary N) is 1. The van der Waals surface area contributed by atoms with Gasteiger partial charge in [0.15, 0.2) is 11.6 Å². The molecule has 0 aromatic heterocycles. The Morgan fingerprint density at radius 3 is 2.35 bits per heavy atom. The van der Waals surface area contributed by atoms with E-state index in [0.29, 0.717) is 0 Å². The van der Waals surface area contributed by atoms with Crippen LogP contribution < -0.4 is 5.73 Å². The van der Waals surface area contributed by atoms with Crippen LogP contribution in [0.1, 0.15) is 43.7 Å². The van der Waals surface area contributed by atoms with E-state index in [2.05, 4.69) is 0 Å². The summed E-state index contributed by atoms with van der Waals surface area (Å²) in [6, 6.07) is 1.32. The number of aromatic hydroxyl groups is 1. The Bertz CT molecular complexity index is 403. The Hall–Kier alpha value is -1.16. The van der Waals surface area contributed by atoms with Gasteiger partial charge >= 0.3 is 0 Å². The number of benzene rings is 1. The first-order valence-corrected chi connectivity index (χ1v) is 6.03. The minimum Gasteiger partial charge on any atom is -0.505 e. The minimum absolute atomic E-state index is 0.0723. The molecule has 0 saturated heterocycles. The second-order valence-corrected chi connectivity index (χ2v) is 4.72. The molecule has 0 aliphatic heterocycles. The smallest absolute Gasteiger partial charge is 0.165 e. The van der Waals surface area contributed by atoms with E-state index in [1.54, 1.807) is 0 Å². The van der Waals surface area contributed by atoms with Gasteiger partial charge in [-0.25, -0.2) is 8.78 Å². The summed E-state index contributed by atoms with van der Waals surface area (Å²) in [7, 11) is 0. The third-order valence-corrected chi connectivity index (χ3v) is 3.61. The van der Waals surface area contributed by atoms with E-state index in [-0.39, 0.29) is 11.5 Å². The first-order valence-electron chi connectivity index (χ1n) is 6.03. The molecule has 1 aromatic rings. The molecule has 0 radical (unpaired) electrons. The van der Waals surface area contributed by atoms with E-state index < -0.39 is 23.4 Å². The van der Waals surface area contributed by atoms with E-state index in [1.807, 2.05) is 0 Å². The molecule has 0 unspecified atom stereocenters. The topological polar surface area (TPSA) is 46.2 Å². The Morgan fingerprint density at radius 2 is 1.71 bits per heavy atom. The second kappa shape index (κ2) is 5.00. The quantitative estimate of drug-likeness (QED) is 0.834. The average molecular weight is 241 g/mol. The number of phenolic OH excluding ortho intramolecular Hbond substituents is 1. The summed E-state index contributed by atoms with van der Waals surface area (Å²) in [6.45, 7) is 0. The molecule has 94 valence electrons. The third kappa shape index (κ3) is 2.41. The molecule has 1 aliphatic carbocycles. The number of phenols is 1. The van der Waals surface area contributed by atoms with Gasteiger partial charge in [-0.3, -0.25) is 0 Å². The first kappa shape index (κ1) is 12.3. The predicted octanol–water partition coefficient (Wildman–Crippen LogP) is 3.25. The van der Waals surface area contributed by atoms with Gasteiger partial charge in [0.25, 0.3) is 0 Å². The summed E-state index contributed by atoms with van der Waals surface area (Å²) < 4.78 is 26.8. The van der Waals surface area contributed by atoms with Crippen LogP contribution in [-0.4, -0.2) is 5.11 Å². The van der Waals surface area contributed by atoms with Crippen LogP contribution in [0.15, 0.2) is 12.1 Å². The van der Waals surface area contributed by atoms with Crippen molar-refractivity contribution >= 4 is 0 Å². The van der Waals surface area contributed by atoms with Crippen molar-refractivity contribution in [3.63, 3.8) is 0 Å². The zero-order valence-electron chi connectivity index (χ0n) is 9.63. The summed E-state index contributed by atoms with van der Waals surface area (Å²) in [4.78, 5) is 0. The van der Waals surface area contributed by atoms with Gasteiger partial charge in [0.2, 0.25) is 0 Å². The van der Waals surface area contributed by atoms with Crippen LogP contribution in [0.4, 0.5) is 8.78 Å². The zero-order valence-corrected chi connectivity index (χ0v) is 9.63. The summed E-state index contributed by atoms with van der Waals surface area (Å²) >= 11 is 0. The Balaban J connectivity index is 2.29. The molecule has 1 atom stereocenters. The van der Waals surface area contributed by atoms with Gasteiger partial charge in [-0.2, -0.15) is 0 Å². The van der Waals surface area contributed by atoms with Gasteiger partial charge < -0.3 is 10.8 Å². The van der Waals surface area contributed by atoms with Crippen molar-refractivity contribution in [1.82, 2.24) is 0 Å². The van der Waals surface area contributed by atoms with Crippen molar-refractivity contribution in [1.29, 1.82) is 0 Å². The molecule has 1 aromatic carbocycles. The van der Waals surface area contributed by atoms with Crippen LogP contribution in [-0.2, 0) is 0 Å². The van der Waals surface area contributed by atoms with Crippen molar-refractivity contribution in [2.24, 2.45) is 11.7 Å². The Kier molecular flexibility index (Phi) is 3.62. The van der Waals surface area contributed by atoms with Crippen molar-refractivity contribution in [2.75, 3.05) is 0 Å². The number of hydrogen-bond donors (Lipinski definition) is 2. The van der Waals surface area contributed by atoms with Crippen molar-refractivity contribution < 1.29 is 13.9 Å². The third-order valence-electron chi connectivity index (χ3n) is 3.61. The highest BCUT2D eigenvalue weighted by molar-refractivity contribution is 5.37. The molecule has 2 nitrogen and oxygen atoms in total. The van der Waals surface area contributed by atoms with E-state index >= 15 is 0 Å². The largest absolute Gasteiger partial charge is 0.505 e. The summed E-state index contributed by atoms with van der Waals surface area (Å²) in [5.74, 6) is -1.94. The molecule has 0 amide bonds.